The van der Waals surface area contributed by atoms with Crippen LogP contribution in [0, 0.1) is 5.92 Å². The highest BCUT2D eigenvalue weighted by molar-refractivity contribution is 7.80. The number of amides is 4. The molecule has 3 saturated heterocycles. The van der Waals surface area contributed by atoms with Crippen LogP contribution < -0.4 is 10.9 Å². The topological polar surface area (TPSA) is 155 Å². The third kappa shape index (κ3) is 4.06. The van der Waals surface area contributed by atoms with Gasteiger partial charge in [-0.05, 0) is 25.7 Å². The second kappa shape index (κ2) is 7.34. The Hall–Kier alpha value is -1.96. The quantitative estimate of drug-likeness (QED) is 0.388. The summed E-state index contributed by atoms with van der Waals surface area (Å²) in [5.74, 6) is -1.14. The summed E-state index contributed by atoms with van der Waals surface area (Å²) in [5, 5.41) is 0.559. The monoisotopic (exact) mass is 392 g/mol. The summed E-state index contributed by atoms with van der Waals surface area (Å²) in [6.45, 7) is 1.06. The van der Waals surface area contributed by atoms with Crippen LogP contribution in [-0.4, -0.2) is 72.6 Å². The highest BCUT2D eigenvalue weighted by Gasteiger charge is 2.49. The summed E-state index contributed by atoms with van der Waals surface area (Å²) in [5.41, 5.74) is 4.68. The van der Waals surface area contributed by atoms with Crippen LogP contribution >= 0.6 is 0 Å². The normalized spacial score (nSPS) is 26.7. The van der Waals surface area contributed by atoms with Crippen molar-refractivity contribution in [2.75, 3.05) is 19.8 Å². The van der Waals surface area contributed by atoms with E-state index in [9.17, 15) is 22.8 Å². The predicted molar refractivity (Wildman–Crippen MR) is 83.2 cm³/mol. The summed E-state index contributed by atoms with van der Waals surface area (Å²) >= 11 is 0. The minimum absolute atomic E-state index is 0.0837. The van der Waals surface area contributed by atoms with E-state index in [1.807, 2.05) is 0 Å². The number of rotatable bonds is 4. The van der Waals surface area contributed by atoms with Crippen LogP contribution in [0.15, 0.2) is 0 Å². The van der Waals surface area contributed by atoms with Gasteiger partial charge in [0.2, 0.25) is 5.91 Å². The first kappa shape index (κ1) is 18.8. The van der Waals surface area contributed by atoms with E-state index in [1.165, 1.54) is 0 Å². The highest BCUT2D eigenvalue weighted by Crippen LogP contribution is 2.30. The van der Waals surface area contributed by atoms with E-state index in [0.717, 1.165) is 4.90 Å². The predicted octanol–water partition coefficient (Wildman–Crippen LogP) is -1.44. The molecular weight excluding hydrogens is 372 g/mol. The molecule has 12 nitrogen and oxygen atoms in total. The molecule has 0 aliphatic carbocycles. The third-order valence-corrected chi connectivity index (χ3v) is 5.05. The fraction of sp³-hybridized carbons (Fsp3) is 0.769. The van der Waals surface area contributed by atoms with Crippen LogP contribution in [0.2, 0.25) is 0 Å². The lowest BCUT2D eigenvalue weighted by Crippen LogP contribution is -2.55. The Morgan fingerprint density at radius 3 is 2.42 bits per heavy atom. The number of hydroxylamine groups is 2. The van der Waals surface area contributed by atoms with Crippen molar-refractivity contribution in [3.8, 4) is 0 Å². The van der Waals surface area contributed by atoms with Gasteiger partial charge in [-0.15, -0.1) is 4.28 Å². The molecule has 146 valence electrons. The maximum atomic E-state index is 12.3. The van der Waals surface area contributed by atoms with Crippen LogP contribution in [0.1, 0.15) is 25.7 Å². The van der Waals surface area contributed by atoms with Gasteiger partial charge in [0.15, 0.2) is 0 Å². The molecule has 0 radical (unpaired) electrons. The van der Waals surface area contributed by atoms with Gasteiger partial charge in [0.05, 0.1) is 6.04 Å². The van der Waals surface area contributed by atoms with Gasteiger partial charge >= 0.3 is 16.4 Å². The molecule has 3 N–H and O–H groups in total. The molecule has 3 aliphatic heterocycles. The summed E-state index contributed by atoms with van der Waals surface area (Å²) in [7, 11) is -4.84. The van der Waals surface area contributed by atoms with Gasteiger partial charge in [-0.25, -0.2) is 4.79 Å². The van der Waals surface area contributed by atoms with Gasteiger partial charge in [-0.2, -0.15) is 13.5 Å². The van der Waals surface area contributed by atoms with Crippen molar-refractivity contribution < 1.29 is 36.4 Å². The SMILES string of the molecule is O=C(NNC(=O)[C@@H]1CCC2CN1C(=O)N2OS(=O)(=O)O)C1CCOCC1. The van der Waals surface area contributed by atoms with Crippen molar-refractivity contribution >= 4 is 28.2 Å². The van der Waals surface area contributed by atoms with Crippen LogP contribution in [0.25, 0.3) is 0 Å². The Labute approximate surface area is 149 Å². The average molecular weight is 392 g/mol. The van der Waals surface area contributed by atoms with Gasteiger partial charge < -0.3 is 9.64 Å². The molecule has 2 atom stereocenters. The maximum Gasteiger partial charge on any atom is 0.418 e. The molecule has 3 fully saturated rings. The molecule has 0 aromatic rings. The van der Waals surface area contributed by atoms with Crippen LogP contribution in [-0.2, 0) is 29.0 Å². The summed E-state index contributed by atoms with van der Waals surface area (Å²) in [6.07, 6.45) is 1.71. The molecule has 0 aromatic carbocycles. The Morgan fingerprint density at radius 2 is 1.77 bits per heavy atom. The molecule has 4 amide bonds. The van der Waals surface area contributed by atoms with Gasteiger partial charge in [-0.3, -0.25) is 25.0 Å². The smallest absolute Gasteiger partial charge is 0.381 e. The molecule has 0 saturated carbocycles. The zero-order valence-electron chi connectivity index (χ0n) is 13.8. The van der Waals surface area contributed by atoms with Crippen molar-refractivity contribution in [1.29, 1.82) is 0 Å². The zero-order chi connectivity index (χ0) is 18.9. The van der Waals surface area contributed by atoms with E-state index in [1.54, 1.807) is 0 Å². The summed E-state index contributed by atoms with van der Waals surface area (Å²) in [4.78, 5) is 37.8. The lowest BCUT2D eigenvalue weighted by molar-refractivity contribution is -0.135. The number of nitrogens with one attached hydrogen (secondary N) is 2. The first-order valence-corrected chi connectivity index (χ1v) is 9.57. The van der Waals surface area contributed by atoms with Crippen LogP contribution in [0.3, 0.4) is 0 Å². The van der Waals surface area contributed by atoms with Crippen molar-refractivity contribution in [2.45, 2.75) is 37.8 Å². The first-order chi connectivity index (χ1) is 12.3. The minimum Gasteiger partial charge on any atom is -0.381 e. The summed E-state index contributed by atoms with van der Waals surface area (Å²) in [6, 6.07) is -2.28. The van der Waals surface area contributed by atoms with Crippen molar-refractivity contribution in [2.24, 2.45) is 5.92 Å². The van der Waals surface area contributed by atoms with E-state index in [2.05, 4.69) is 15.1 Å². The van der Waals surface area contributed by atoms with Gasteiger partial charge in [0.1, 0.15) is 6.04 Å². The first-order valence-electron chi connectivity index (χ1n) is 8.20. The zero-order valence-corrected chi connectivity index (χ0v) is 14.6. The van der Waals surface area contributed by atoms with E-state index < -0.39 is 34.4 Å². The molecule has 2 bridgehead atoms. The van der Waals surface area contributed by atoms with E-state index in [-0.39, 0.29) is 24.8 Å². The fourth-order valence-electron chi connectivity index (χ4n) is 3.37. The number of carbonyl (C=O) groups is 3. The van der Waals surface area contributed by atoms with Crippen molar-refractivity contribution in [3.63, 3.8) is 0 Å². The van der Waals surface area contributed by atoms with Crippen molar-refractivity contribution in [3.05, 3.63) is 0 Å². The molecule has 1 unspecified atom stereocenters. The number of carbonyl (C=O) groups excluding carboxylic acids is 3. The number of hydrogen-bond donors (Lipinski definition) is 3. The lowest BCUT2D eigenvalue weighted by Gasteiger charge is -2.29. The number of hydrazine groups is 1. The molecule has 3 heterocycles. The molecular formula is C13H20N4O8S. The Kier molecular flexibility index (Phi) is 5.32. The second-order valence-corrected chi connectivity index (χ2v) is 7.38. The lowest BCUT2D eigenvalue weighted by atomic mass is 9.99. The number of urea groups is 1. The Bertz CT molecular complexity index is 692. The molecule has 0 spiro atoms. The number of hydrogen-bond acceptors (Lipinski definition) is 7. The van der Waals surface area contributed by atoms with Crippen molar-refractivity contribution in [1.82, 2.24) is 20.8 Å². The maximum absolute atomic E-state index is 12.3. The summed E-state index contributed by atoms with van der Waals surface area (Å²) < 4.78 is 39.9. The molecule has 3 rings (SSSR count). The fourth-order valence-corrected chi connectivity index (χ4v) is 3.76. The van der Waals surface area contributed by atoms with E-state index >= 15 is 0 Å². The van der Waals surface area contributed by atoms with Gasteiger partial charge in [0.25, 0.3) is 5.91 Å². The molecule has 0 aromatic heterocycles. The molecule has 13 heteroatoms. The molecule has 26 heavy (non-hydrogen) atoms. The second-order valence-electron chi connectivity index (χ2n) is 6.38. The van der Waals surface area contributed by atoms with E-state index in [0.29, 0.717) is 37.5 Å². The Morgan fingerprint density at radius 1 is 1.12 bits per heavy atom. The number of fused-ring (bicyclic) bond motifs is 2. The van der Waals surface area contributed by atoms with Crippen LogP contribution in [0.5, 0.6) is 0 Å². The highest BCUT2D eigenvalue weighted by atomic mass is 32.3. The largest absolute Gasteiger partial charge is 0.418 e. The Balaban J connectivity index is 1.56. The van der Waals surface area contributed by atoms with Crippen LogP contribution in [0.4, 0.5) is 4.79 Å². The average Bonchev–Trinajstić information content (AvgIpc) is 2.84. The van der Waals surface area contributed by atoms with E-state index in [4.69, 9.17) is 9.29 Å². The standard InChI is InChI=1S/C13H20N4O8S/c18-11(8-3-5-24-6-4-8)14-15-12(19)10-2-1-9-7-16(10)13(20)17(9)25-26(21,22)23/h8-10H,1-7H2,(H,14,18)(H,15,19)(H,21,22,23)/t9?,10-/m0/s1. The van der Waals surface area contributed by atoms with Gasteiger partial charge in [-0.1, -0.05) is 0 Å². The minimum atomic E-state index is -4.84. The number of piperidine rings is 1. The molecule has 3 aliphatic rings. The third-order valence-electron chi connectivity index (χ3n) is 4.70. The number of ether oxygens (including phenoxy) is 1. The number of nitrogens with zero attached hydrogens (tertiary/aromatic N) is 2. The van der Waals surface area contributed by atoms with Gasteiger partial charge in [0, 0.05) is 25.7 Å².